The lowest BCUT2D eigenvalue weighted by Crippen LogP contribution is -1.97. The van der Waals surface area contributed by atoms with Crippen LogP contribution < -0.4 is 4.74 Å². The lowest BCUT2D eigenvalue weighted by molar-refractivity contribution is 0.145. The fourth-order valence-corrected chi connectivity index (χ4v) is 3.41. The topological polar surface area (TPSA) is 31.4 Å². The Morgan fingerprint density at radius 3 is 2.10 bits per heavy atom. The molecular formula is C26H39NO2. The molecule has 2 rings (SSSR count). The highest BCUT2D eigenvalue weighted by Gasteiger charge is 2.02. The summed E-state index contributed by atoms with van der Waals surface area (Å²) in [6.07, 6.45) is 14.6. The second kappa shape index (κ2) is 15.0. The fourth-order valence-electron chi connectivity index (χ4n) is 3.41. The Balaban J connectivity index is 1.65. The minimum atomic E-state index is 0.788. The number of aryl methyl sites for hydroxylation is 1. The van der Waals surface area contributed by atoms with E-state index in [1.54, 1.807) is 0 Å². The molecule has 160 valence electrons. The number of rotatable bonds is 16. The standard InChI is InChI=1S/C26H39NO2/c1-3-5-6-7-8-9-10-11-21-29-25-17-15-24(16-18-25)26-19-14-23(22-27-26)13-12-20-28-4-2/h14-19,22H,3-13,20-21H2,1-2H3. The number of benzene rings is 1. The van der Waals surface area contributed by atoms with Crippen LogP contribution >= 0.6 is 0 Å². The molecule has 0 amide bonds. The molecule has 0 aliphatic rings. The Labute approximate surface area is 177 Å². The van der Waals surface area contributed by atoms with Crippen LogP contribution in [0.5, 0.6) is 5.75 Å². The van der Waals surface area contributed by atoms with Gasteiger partial charge >= 0.3 is 0 Å². The molecule has 0 aliphatic carbocycles. The number of hydrogen-bond donors (Lipinski definition) is 0. The highest BCUT2D eigenvalue weighted by atomic mass is 16.5. The van der Waals surface area contributed by atoms with Gasteiger partial charge in [0.1, 0.15) is 5.75 Å². The lowest BCUT2D eigenvalue weighted by atomic mass is 10.1. The average molecular weight is 398 g/mol. The summed E-state index contributed by atoms with van der Waals surface area (Å²) in [6, 6.07) is 12.6. The van der Waals surface area contributed by atoms with E-state index in [2.05, 4.69) is 48.3 Å². The molecule has 1 aromatic carbocycles. The van der Waals surface area contributed by atoms with E-state index in [9.17, 15) is 0 Å². The van der Waals surface area contributed by atoms with Crippen LogP contribution in [-0.4, -0.2) is 24.8 Å². The van der Waals surface area contributed by atoms with Crippen LogP contribution in [0.2, 0.25) is 0 Å². The van der Waals surface area contributed by atoms with E-state index in [0.29, 0.717) is 0 Å². The van der Waals surface area contributed by atoms with Crippen LogP contribution in [0.25, 0.3) is 11.3 Å². The average Bonchev–Trinajstić information content (AvgIpc) is 2.76. The van der Waals surface area contributed by atoms with Gasteiger partial charge in [-0.3, -0.25) is 4.98 Å². The van der Waals surface area contributed by atoms with Gasteiger partial charge in [-0.2, -0.15) is 0 Å². The molecule has 2 aromatic rings. The van der Waals surface area contributed by atoms with Crippen LogP contribution in [0.1, 0.15) is 77.2 Å². The summed E-state index contributed by atoms with van der Waals surface area (Å²) in [5.74, 6) is 0.948. The molecule has 0 N–H and O–H groups in total. The number of pyridine rings is 1. The maximum Gasteiger partial charge on any atom is 0.119 e. The molecule has 1 heterocycles. The summed E-state index contributed by atoms with van der Waals surface area (Å²) in [5.41, 5.74) is 3.40. The monoisotopic (exact) mass is 397 g/mol. The lowest BCUT2D eigenvalue weighted by Gasteiger charge is -2.08. The van der Waals surface area contributed by atoms with Crippen LogP contribution in [0.4, 0.5) is 0 Å². The molecule has 0 unspecified atom stereocenters. The van der Waals surface area contributed by atoms with E-state index in [0.717, 1.165) is 56.1 Å². The maximum absolute atomic E-state index is 5.89. The number of aromatic nitrogens is 1. The Morgan fingerprint density at radius 2 is 1.45 bits per heavy atom. The quantitative estimate of drug-likeness (QED) is 0.280. The zero-order valence-electron chi connectivity index (χ0n) is 18.5. The van der Waals surface area contributed by atoms with Gasteiger partial charge in [0, 0.05) is 25.0 Å². The highest BCUT2D eigenvalue weighted by Crippen LogP contribution is 2.21. The zero-order chi connectivity index (χ0) is 20.6. The summed E-state index contributed by atoms with van der Waals surface area (Å²) in [7, 11) is 0. The smallest absolute Gasteiger partial charge is 0.119 e. The van der Waals surface area contributed by atoms with Crippen molar-refractivity contribution in [2.45, 2.75) is 78.1 Å². The predicted molar refractivity (Wildman–Crippen MR) is 123 cm³/mol. The van der Waals surface area contributed by atoms with Crippen LogP contribution in [-0.2, 0) is 11.2 Å². The normalized spacial score (nSPS) is 11.0. The summed E-state index contributed by atoms with van der Waals surface area (Å²) < 4.78 is 11.3. The first-order chi connectivity index (χ1) is 14.3. The summed E-state index contributed by atoms with van der Waals surface area (Å²) in [5, 5.41) is 0. The van der Waals surface area contributed by atoms with Gasteiger partial charge in [0.05, 0.1) is 12.3 Å². The van der Waals surface area contributed by atoms with E-state index in [1.165, 1.54) is 50.5 Å². The molecule has 0 atom stereocenters. The zero-order valence-corrected chi connectivity index (χ0v) is 18.5. The van der Waals surface area contributed by atoms with Gasteiger partial charge < -0.3 is 9.47 Å². The van der Waals surface area contributed by atoms with Gasteiger partial charge in [-0.05, 0) is 62.1 Å². The largest absolute Gasteiger partial charge is 0.494 e. The molecule has 0 aliphatic heterocycles. The highest BCUT2D eigenvalue weighted by molar-refractivity contribution is 5.60. The summed E-state index contributed by atoms with van der Waals surface area (Å²) >= 11 is 0. The van der Waals surface area contributed by atoms with E-state index in [4.69, 9.17) is 9.47 Å². The van der Waals surface area contributed by atoms with E-state index in [-0.39, 0.29) is 0 Å². The number of hydrogen-bond acceptors (Lipinski definition) is 3. The second-order valence-electron chi connectivity index (χ2n) is 7.70. The Morgan fingerprint density at radius 1 is 0.724 bits per heavy atom. The van der Waals surface area contributed by atoms with Crippen molar-refractivity contribution < 1.29 is 9.47 Å². The molecule has 1 aromatic heterocycles. The van der Waals surface area contributed by atoms with Crippen LogP contribution in [0.15, 0.2) is 42.6 Å². The molecule has 0 bridgehead atoms. The molecule has 3 nitrogen and oxygen atoms in total. The van der Waals surface area contributed by atoms with E-state index in [1.807, 2.05) is 13.1 Å². The summed E-state index contributed by atoms with van der Waals surface area (Å²) in [4.78, 5) is 4.62. The minimum absolute atomic E-state index is 0.788. The Hall–Kier alpha value is -1.87. The minimum Gasteiger partial charge on any atom is -0.494 e. The van der Waals surface area contributed by atoms with Gasteiger partial charge in [0.2, 0.25) is 0 Å². The molecule has 0 saturated heterocycles. The van der Waals surface area contributed by atoms with E-state index >= 15 is 0 Å². The second-order valence-corrected chi connectivity index (χ2v) is 7.70. The van der Waals surface area contributed by atoms with Crippen molar-refractivity contribution in [1.82, 2.24) is 4.98 Å². The molecule has 29 heavy (non-hydrogen) atoms. The van der Waals surface area contributed by atoms with Crippen LogP contribution in [0.3, 0.4) is 0 Å². The van der Waals surface area contributed by atoms with Crippen molar-refractivity contribution in [2.75, 3.05) is 19.8 Å². The van der Waals surface area contributed by atoms with Crippen molar-refractivity contribution in [1.29, 1.82) is 0 Å². The van der Waals surface area contributed by atoms with Crippen molar-refractivity contribution in [3.63, 3.8) is 0 Å². The number of ether oxygens (including phenoxy) is 2. The maximum atomic E-state index is 5.89. The molecule has 0 saturated carbocycles. The summed E-state index contributed by atoms with van der Waals surface area (Å²) in [6.45, 7) is 6.71. The van der Waals surface area contributed by atoms with E-state index < -0.39 is 0 Å². The van der Waals surface area contributed by atoms with Crippen molar-refractivity contribution >= 4 is 0 Å². The molecule has 0 radical (unpaired) electrons. The molecule has 3 heteroatoms. The third-order valence-electron chi connectivity index (χ3n) is 5.20. The van der Waals surface area contributed by atoms with Gasteiger partial charge in [0.25, 0.3) is 0 Å². The van der Waals surface area contributed by atoms with Gasteiger partial charge in [-0.1, -0.05) is 57.9 Å². The first kappa shape index (κ1) is 23.4. The van der Waals surface area contributed by atoms with Gasteiger partial charge in [-0.25, -0.2) is 0 Å². The molecular weight excluding hydrogens is 358 g/mol. The molecule has 0 fully saturated rings. The first-order valence-corrected chi connectivity index (χ1v) is 11.6. The number of unbranched alkanes of at least 4 members (excludes halogenated alkanes) is 7. The van der Waals surface area contributed by atoms with Crippen LogP contribution in [0, 0.1) is 0 Å². The van der Waals surface area contributed by atoms with Crippen molar-refractivity contribution in [3.8, 4) is 17.0 Å². The third-order valence-corrected chi connectivity index (χ3v) is 5.20. The Kier molecular flexibility index (Phi) is 12.1. The first-order valence-electron chi connectivity index (χ1n) is 11.6. The number of nitrogens with zero attached hydrogens (tertiary/aromatic N) is 1. The predicted octanol–water partition coefficient (Wildman–Crippen LogP) is 7.24. The SMILES string of the molecule is CCCCCCCCCCOc1ccc(-c2ccc(CCCOCC)cn2)cc1. The van der Waals surface area contributed by atoms with Gasteiger partial charge in [0.15, 0.2) is 0 Å². The third kappa shape index (κ3) is 9.94. The van der Waals surface area contributed by atoms with Gasteiger partial charge in [-0.15, -0.1) is 0 Å². The fraction of sp³-hybridized carbons (Fsp3) is 0.577. The Bertz CT molecular complexity index is 637. The van der Waals surface area contributed by atoms with Crippen molar-refractivity contribution in [3.05, 3.63) is 48.2 Å². The van der Waals surface area contributed by atoms with Crippen molar-refractivity contribution in [2.24, 2.45) is 0 Å². The molecule has 0 spiro atoms.